The van der Waals surface area contributed by atoms with Crippen LogP contribution in [-0.4, -0.2) is 33.9 Å². The second-order valence-corrected chi connectivity index (χ2v) is 16.9. The number of carbonyl (C=O) groups excluding carboxylic acids is 1. The average Bonchev–Trinajstić information content (AvgIpc) is 2.89. The highest BCUT2D eigenvalue weighted by molar-refractivity contribution is 6.74. The second kappa shape index (κ2) is 14.3. The van der Waals surface area contributed by atoms with E-state index >= 15 is 0 Å². The van der Waals surface area contributed by atoms with Crippen molar-refractivity contribution in [3.05, 3.63) is 41.5 Å². The number of Topliss-reactive ketones (excluding diaryl/α,β-unsaturated/α-hetero) is 1. The van der Waals surface area contributed by atoms with Gasteiger partial charge in [-0.3, -0.25) is 4.79 Å². The Kier molecular flexibility index (Phi) is 11.4. The van der Waals surface area contributed by atoms with Gasteiger partial charge >= 0.3 is 0 Å². The molecule has 0 unspecified atom stereocenters. The van der Waals surface area contributed by atoms with E-state index < -0.39 is 14.4 Å². The number of fused-ring (bicyclic) bond motifs is 1. The van der Waals surface area contributed by atoms with Crippen molar-refractivity contribution in [3.63, 3.8) is 0 Å². The van der Waals surface area contributed by atoms with E-state index in [1.54, 1.807) is 0 Å². The predicted octanol–water partition coefficient (Wildman–Crippen LogP) is 8.85. The molecule has 3 rings (SSSR count). The lowest BCUT2D eigenvalue weighted by Gasteiger charge is -2.37. The molecule has 0 bridgehead atoms. The summed E-state index contributed by atoms with van der Waals surface area (Å²) in [5, 5.41) is 0.0160. The monoisotopic (exact) mass is 570 g/mol. The van der Waals surface area contributed by atoms with Gasteiger partial charge in [0.05, 0.1) is 19.8 Å². The normalized spacial score (nSPS) is 15.3. The third kappa shape index (κ3) is 8.18. The number of hydrogen-bond donors (Lipinski definition) is 0. The van der Waals surface area contributed by atoms with Crippen molar-refractivity contribution in [2.45, 2.75) is 111 Å². The Balaban J connectivity index is 1.96. The minimum atomic E-state index is -2.16. The number of carbonyl (C=O) groups is 1. The molecule has 2 aromatic rings. The van der Waals surface area contributed by atoms with Gasteiger partial charge in [-0.25, -0.2) is 0 Å². The molecule has 7 heteroatoms. The van der Waals surface area contributed by atoms with Crippen LogP contribution >= 0.6 is 0 Å². The van der Waals surface area contributed by atoms with Crippen LogP contribution in [0.3, 0.4) is 0 Å². The van der Waals surface area contributed by atoms with E-state index in [0.717, 1.165) is 49.7 Å². The van der Waals surface area contributed by atoms with E-state index in [2.05, 4.69) is 54.6 Å². The fourth-order valence-corrected chi connectivity index (χ4v) is 5.12. The summed E-state index contributed by atoms with van der Waals surface area (Å²) in [5.41, 5.74) is 1.55. The van der Waals surface area contributed by atoms with Crippen LogP contribution < -0.4 is 23.4 Å². The van der Waals surface area contributed by atoms with Gasteiger partial charge < -0.3 is 23.4 Å². The average molecular weight is 571 g/mol. The van der Waals surface area contributed by atoms with Crippen LogP contribution in [0.4, 0.5) is 0 Å². The van der Waals surface area contributed by atoms with Crippen LogP contribution in [0.5, 0.6) is 28.7 Å². The largest absolute Gasteiger partial charge is 0.541 e. The molecule has 1 heterocycles. The first kappa shape index (κ1) is 31.8. The predicted molar refractivity (Wildman–Crippen MR) is 164 cm³/mol. The first-order chi connectivity index (χ1) is 19.0. The molecular weight excluding hydrogens is 520 g/mol. The molecule has 0 fully saturated rings. The van der Waals surface area contributed by atoms with Crippen molar-refractivity contribution in [2.75, 3.05) is 19.8 Å². The fraction of sp³-hybridized carbons (Fsp3) is 0.606. The highest BCUT2D eigenvalue weighted by Gasteiger charge is 2.40. The van der Waals surface area contributed by atoms with Crippen molar-refractivity contribution >= 4 is 14.1 Å². The van der Waals surface area contributed by atoms with Gasteiger partial charge in [-0.05, 0) is 49.5 Å². The molecule has 2 aromatic carbocycles. The highest BCUT2D eigenvalue weighted by Crippen LogP contribution is 2.44. The van der Waals surface area contributed by atoms with E-state index in [-0.39, 0.29) is 17.2 Å². The number of rotatable bonds is 15. The Bertz CT molecular complexity index is 1120. The topological polar surface area (TPSA) is 63.2 Å². The van der Waals surface area contributed by atoms with Gasteiger partial charge in [-0.2, -0.15) is 0 Å². The van der Waals surface area contributed by atoms with Gasteiger partial charge in [0.1, 0.15) is 23.0 Å². The van der Waals surface area contributed by atoms with Crippen molar-refractivity contribution in [1.82, 2.24) is 0 Å². The molecule has 0 radical (unpaired) electrons. The Hall–Kier alpha value is -2.67. The molecule has 0 saturated heterocycles. The fourth-order valence-electron chi connectivity index (χ4n) is 4.10. The van der Waals surface area contributed by atoms with Crippen LogP contribution in [0.1, 0.15) is 97.3 Å². The third-order valence-electron chi connectivity index (χ3n) is 7.75. The van der Waals surface area contributed by atoms with Gasteiger partial charge in [0.15, 0.2) is 17.6 Å². The first-order valence-corrected chi connectivity index (χ1v) is 18.0. The quantitative estimate of drug-likeness (QED) is 0.157. The molecule has 1 atom stereocenters. The van der Waals surface area contributed by atoms with Crippen LogP contribution in [-0.2, 0) is 11.2 Å². The molecule has 0 aromatic heterocycles. The van der Waals surface area contributed by atoms with Crippen LogP contribution in [0.15, 0.2) is 30.3 Å². The zero-order valence-corrected chi connectivity index (χ0v) is 27.0. The van der Waals surface area contributed by atoms with Crippen molar-refractivity contribution in [3.8, 4) is 28.7 Å². The summed E-state index contributed by atoms with van der Waals surface area (Å²) in [4.78, 5) is 13.5. The second-order valence-electron chi connectivity index (χ2n) is 12.2. The molecule has 0 saturated carbocycles. The molecular formula is C33H50O6Si. The van der Waals surface area contributed by atoms with E-state index in [1.165, 1.54) is 0 Å². The van der Waals surface area contributed by atoms with E-state index in [9.17, 15) is 4.79 Å². The van der Waals surface area contributed by atoms with Crippen LogP contribution in [0.25, 0.3) is 0 Å². The molecule has 0 N–H and O–H groups in total. The summed E-state index contributed by atoms with van der Waals surface area (Å²) in [7, 11) is -2.16. The van der Waals surface area contributed by atoms with E-state index in [4.69, 9.17) is 23.4 Å². The van der Waals surface area contributed by atoms with Gasteiger partial charge in [0, 0.05) is 29.7 Å². The van der Waals surface area contributed by atoms with Crippen LogP contribution in [0, 0.1) is 0 Å². The van der Waals surface area contributed by atoms with Gasteiger partial charge in [0.25, 0.3) is 8.32 Å². The maximum Gasteiger partial charge on any atom is 0.250 e. The third-order valence-corrected chi connectivity index (χ3v) is 12.1. The number of unbranched alkanes of at least 4 members (excludes halogenated alkanes) is 3. The SMILES string of the molecule is CCCCOc1cc(OCCCC)c2c(c1)O[C@H](c1ccc(OCCCC)c(O[Si](C)(C)C(C)(C)C)c1)C(=O)C2. The molecule has 0 spiro atoms. The summed E-state index contributed by atoms with van der Waals surface area (Å²) in [6, 6.07) is 9.58. The standard InChI is InChI=1S/C33H50O6Si/c1-9-12-17-35-25-21-29(37-19-14-11-3)26-23-27(34)32(38-30(26)22-25)24-15-16-28(36-18-13-10-2)31(20-24)39-40(7,8)33(4,5)6/h15-16,20-22,32H,9-14,17-19,23H2,1-8H3/t32-/m1/s1. The smallest absolute Gasteiger partial charge is 0.250 e. The number of ketones is 1. The maximum absolute atomic E-state index is 13.5. The van der Waals surface area contributed by atoms with E-state index in [0.29, 0.717) is 48.6 Å². The van der Waals surface area contributed by atoms with Gasteiger partial charge in [0.2, 0.25) is 0 Å². The summed E-state index contributed by atoms with van der Waals surface area (Å²) in [5.74, 6) is 3.40. The highest BCUT2D eigenvalue weighted by atomic mass is 28.4. The Morgan fingerprint density at radius 1 is 0.825 bits per heavy atom. The molecule has 6 nitrogen and oxygen atoms in total. The maximum atomic E-state index is 13.5. The van der Waals surface area contributed by atoms with E-state index in [1.807, 2.05) is 30.3 Å². The minimum Gasteiger partial charge on any atom is -0.541 e. The van der Waals surface area contributed by atoms with Gasteiger partial charge in [-0.1, -0.05) is 66.9 Å². The van der Waals surface area contributed by atoms with Gasteiger partial charge in [-0.15, -0.1) is 0 Å². The lowest BCUT2D eigenvalue weighted by Crippen LogP contribution is -2.44. The first-order valence-electron chi connectivity index (χ1n) is 15.1. The Morgan fingerprint density at radius 3 is 2.02 bits per heavy atom. The zero-order chi connectivity index (χ0) is 29.3. The zero-order valence-electron chi connectivity index (χ0n) is 26.0. The van der Waals surface area contributed by atoms with Crippen LogP contribution in [0.2, 0.25) is 18.1 Å². The number of benzene rings is 2. The van der Waals surface area contributed by atoms with Crippen molar-refractivity contribution in [2.24, 2.45) is 0 Å². The summed E-state index contributed by atoms with van der Waals surface area (Å²) in [6.07, 6.45) is 5.50. The molecule has 0 amide bonds. The summed E-state index contributed by atoms with van der Waals surface area (Å²) < 4.78 is 31.4. The lowest BCUT2D eigenvalue weighted by atomic mass is 9.95. The summed E-state index contributed by atoms with van der Waals surface area (Å²) >= 11 is 0. The molecule has 40 heavy (non-hydrogen) atoms. The molecule has 0 aliphatic carbocycles. The van der Waals surface area contributed by atoms with Crippen molar-refractivity contribution in [1.29, 1.82) is 0 Å². The minimum absolute atomic E-state index is 0.00887. The molecule has 1 aliphatic rings. The molecule has 1 aliphatic heterocycles. The number of ether oxygens (including phenoxy) is 4. The Morgan fingerprint density at radius 2 is 1.43 bits per heavy atom. The van der Waals surface area contributed by atoms with Crippen molar-refractivity contribution < 1.29 is 28.2 Å². The molecule has 222 valence electrons. The summed E-state index contributed by atoms with van der Waals surface area (Å²) in [6.45, 7) is 19.3. The number of hydrogen-bond acceptors (Lipinski definition) is 6. The lowest BCUT2D eigenvalue weighted by molar-refractivity contribution is -0.126. The Labute approximate surface area is 242 Å².